The Bertz CT molecular complexity index is 1160. The highest BCUT2D eigenvalue weighted by Gasteiger charge is 2.33. The molecule has 0 saturated carbocycles. The van der Waals surface area contributed by atoms with Gasteiger partial charge in [-0.3, -0.25) is 4.99 Å². The predicted octanol–water partition coefficient (Wildman–Crippen LogP) is 6.84. The Balaban J connectivity index is 1.79. The topological polar surface area (TPSA) is 12.4 Å². The summed E-state index contributed by atoms with van der Waals surface area (Å²) in [7, 11) is 0. The van der Waals surface area contributed by atoms with Gasteiger partial charge in [0.1, 0.15) is 0 Å². The number of allylic oxidation sites excluding steroid dienone is 1. The molecule has 138 valence electrons. The average molecular weight is 371 g/mol. The second kappa shape index (κ2) is 7.73. The van der Waals surface area contributed by atoms with E-state index in [1.54, 1.807) is 0 Å². The summed E-state index contributed by atoms with van der Waals surface area (Å²) in [6.07, 6.45) is 0. The van der Waals surface area contributed by atoms with Crippen molar-refractivity contribution in [3.63, 3.8) is 0 Å². The van der Waals surface area contributed by atoms with Gasteiger partial charge in [-0.05, 0) is 22.3 Å². The third-order valence-corrected chi connectivity index (χ3v) is 5.38. The number of benzene rings is 4. The molecule has 1 atom stereocenters. The highest BCUT2D eigenvalue weighted by atomic mass is 14.8. The lowest BCUT2D eigenvalue weighted by Crippen LogP contribution is -2.12. The summed E-state index contributed by atoms with van der Waals surface area (Å²) in [5.74, 6) is 0.0937. The Morgan fingerprint density at radius 1 is 0.448 bits per heavy atom. The van der Waals surface area contributed by atoms with Crippen molar-refractivity contribution in [2.24, 2.45) is 4.99 Å². The van der Waals surface area contributed by atoms with Crippen molar-refractivity contribution in [2.45, 2.75) is 5.92 Å². The van der Waals surface area contributed by atoms with Crippen molar-refractivity contribution in [3.05, 3.63) is 144 Å². The SMILES string of the molecule is c1ccc(C2=NC(c3ccccc3)=C(c3ccccc3)C2c2ccccc2)cc1. The Kier molecular flexibility index (Phi) is 4.63. The molecule has 0 saturated heterocycles. The molecular weight excluding hydrogens is 350 g/mol. The molecule has 0 bridgehead atoms. The molecule has 4 aromatic rings. The van der Waals surface area contributed by atoms with Crippen LogP contribution in [0.25, 0.3) is 11.3 Å². The van der Waals surface area contributed by atoms with Crippen LogP contribution in [0.5, 0.6) is 0 Å². The van der Waals surface area contributed by atoms with Crippen molar-refractivity contribution in [3.8, 4) is 0 Å². The van der Waals surface area contributed by atoms with Gasteiger partial charge in [0.05, 0.1) is 17.3 Å². The van der Waals surface area contributed by atoms with Gasteiger partial charge in [0.2, 0.25) is 0 Å². The average Bonchev–Trinajstić information content (AvgIpc) is 3.22. The lowest BCUT2D eigenvalue weighted by atomic mass is 9.81. The summed E-state index contributed by atoms with van der Waals surface area (Å²) in [4.78, 5) is 5.24. The van der Waals surface area contributed by atoms with Crippen LogP contribution in [-0.4, -0.2) is 5.71 Å². The second-order valence-electron chi connectivity index (χ2n) is 7.20. The maximum absolute atomic E-state index is 5.24. The van der Waals surface area contributed by atoms with Crippen LogP contribution in [0.4, 0.5) is 0 Å². The number of rotatable bonds is 4. The minimum Gasteiger partial charge on any atom is -0.251 e. The smallest absolute Gasteiger partial charge is 0.0754 e. The van der Waals surface area contributed by atoms with Crippen LogP contribution in [0.3, 0.4) is 0 Å². The molecule has 0 amide bonds. The molecule has 0 aromatic heterocycles. The standard InChI is InChI=1S/C28H21N/c1-5-13-21(14-6-1)25-26(22-15-7-2-8-16-22)28(24-19-11-4-12-20-24)29-27(25)23-17-9-3-10-18-23/h1-20,25H. The van der Waals surface area contributed by atoms with E-state index in [2.05, 4.69) is 121 Å². The molecule has 0 spiro atoms. The quantitative estimate of drug-likeness (QED) is 0.372. The molecule has 4 aromatic carbocycles. The van der Waals surface area contributed by atoms with E-state index in [4.69, 9.17) is 4.99 Å². The number of hydrogen-bond donors (Lipinski definition) is 0. The van der Waals surface area contributed by atoms with Crippen LogP contribution in [0, 0.1) is 0 Å². The van der Waals surface area contributed by atoms with E-state index in [0.717, 1.165) is 17.0 Å². The van der Waals surface area contributed by atoms with Gasteiger partial charge in [-0.25, -0.2) is 0 Å². The Labute approximate surface area is 171 Å². The molecule has 1 aliphatic heterocycles. The summed E-state index contributed by atoms with van der Waals surface area (Å²) >= 11 is 0. The van der Waals surface area contributed by atoms with Crippen molar-refractivity contribution < 1.29 is 0 Å². The minimum absolute atomic E-state index is 0.0937. The van der Waals surface area contributed by atoms with Gasteiger partial charge in [0.25, 0.3) is 0 Å². The zero-order chi connectivity index (χ0) is 19.5. The lowest BCUT2D eigenvalue weighted by molar-refractivity contribution is 1.18. The Hall–Kier alpha value is -3.71. The van der Waals surface area contributed by atoms with Gasteiger partial charge in [-0.2, -0.15) is 0 Å². The van der Waals surface area contributed by atoms with Gasteiger partial charge in [-0.1, -0.05) is 121 Å². The van der Waals surface area contributed by atoms with E-state index >= 15 is 0 Å². The fourth-order valence-electron chi connectivity index (χ4n) is 4.07. The van der Waals surface area contributed by atoms with E-state index in [-0.39, 0.29) is 5.92 Å². The van der Waals surface area contributed by atoms with Crippen molar-refractivity contribution in [2.75, 3.05) is 0 Å². The first kappa shape index (κ1) is 17.4. The highest BCUT2D eigenvalue weighted by molar-refractivity contribution is 6.21. The van der Waals surface area contributed by atoms with Crippen LogP contribution < -0.4 is 0 Å². The van der Waals surface area contributed by atoms with Gasteiger partial charge in [-0.15, -0.1) is 0 Å². The first-order valence-corrected chi connectivity index (χ1v) is 9.96. The number of nitrogens with zero attached hydrogens (tertiary/aromatic N) is 1. The molecule has 29 heavy (non-hydrogen) atoms. The van der Waals surface area contributed by atoms with Crippen molar-refractivity contribution in [1.29, 1.82) is 0 Å². The van der Waals surface area contributed by atoms with Crippen LogP contribution in [0.2, 0.25) is 0 Å². The summed E-state index contributed by atoms with van der Waals surface area (Å²) in [6.45, 7) is 0. The van der Waals surface area contributed by atoms with Crippen LogP contribution in [0.1, 0.15) is 28.2 Å². The Morgan fingerprint density at radius 2 is 0.897 bits per heavy atom. The molecule has 0 aliphatic carbocycles. The number of aliphatic imine (C=N–C) groups is 1. The van der Waals surface area contributed by atoms with Gasteiger partial charge >= 0.3 is 0 Å². The molecule has 0 N–H and O–H groups in total. The molecule has 1 unspecified atom stereocenters. The first-order valence-electron chi connectivity index (χ1n) is 9.96. The van der Waals surface area contributed by atoms with E-state index in [0.29, 0.717) is 0 Å². The molecule has 5 rings (SSSR count). The molecule has 1 nitrogen and oxygen atoms in total. The third-order valence-electron chi connectivity index (χ3n) is 5.38. The summed E-state index contributed by atoms with van der Waals surface area (Å²) in [5.41, 5.74) is 8.23. The van der Waals surface area contributed by atoms with E-state index in [9.17, 15) is 0 Å². The summed E-state index contributed by atoms with van der Waals surface area (Å²) in [6, 6.07) is 42.4. The maximum atomic E-state index is 5.24. The molecule has 1 heterocycles. The Morgan fingerprint density at radius 3 is 1.45 bits per heavy atom. The fraction of sp³-hybridized carbons (Fsp3) is 0.0357. The van der Waals surface area contributed by atoms with Crippen molar-refractivity contribution in [1.82, 2.24) is 0 Å². The molecular formula is C28H21N. The third kappa shape index (κ3) is 3.32. The summed E-state index contributed by atoms with van der Waals surface area (Å²) < 4.78 is 0. The van der Waals surface area contributed by atoms with Gasteiger partial charge in [0.15, 0.2) is 0 Å². The van der Waals surface area contributed by atoms with E-state index < -0.39 is 0 Å². The molecule has 1 heteroatoms. The zero-order valence-corrected chi connectivity index (χ0v) is 16.1. The minimum atomic E-state index is 0.0937. The van der Waals surface area contributed by atoms with Crippen LogP contribution in [-0.2, 0) is 0 Å². The van der Waals surface area contributed by atoms with E-state index in [1.165, 1.54) is 22.3 Å². The fourth-order valence-corrected chi connectivity index (χ4v) is 4.07. The zero-order valence-electron chi connectivity index (χ0n) is 16.1. The molecule has 0 radical (unpaired) electrons. The second-order valence-corrected chi connectivity index (χ2v) is 7.20. The van der Waals surface area contributed by atoms with Crippen LogP contribution in [0.15, 0.2) is 126 Å². The maximum Gasteiger partial charge on any atom is 0.0754 e. The molecule has 1 aliphatic rings. The lowest BCUT2D eigenvalue weighted by Gasteiger charge is -2.19. The van der Waals surface area contributed by atoms with E-state index in [1.807, 2.05) is 0 Å². The van der Waals surface area contributed by atoms with Gasteiger partial charge in [0, 0.05) is 5.56 Å². The first-order chi connectivity index (χ1) is 14.4. The normalized spacial score (nSPS) is 16.0. The highest BCUT2D eigenvalue weighted by Crippen LogP contribution is 2.46. The number of hydrogen-bond acceptors (Lipinski definition) is 1. The monoisotopic (exact) mass is 371 g/mol. The van der Waals surface area contributed by atoms with Crippen LogP contribution >= 0.6 is 0 Å². The predicted molar refractivity (Wildman–Crippen MR) is 122 cm³/mol. The molecule has 0 fully saturated rings. The largest absolute Gasteiger partial charge is 0.251 e. The van der Waals surface area contributed by atoms with Gasteiger partial charge < -0.3 is 0 Å². The summed E-state index contributed by atoms with van der Waals surface area (Å²) in [5, 5.41) is 0. The van der Waals surface area contributed by atoms with Crippen molar-refractivity contribution >= 4 is 17.0 Å².